The monoisotopic (exact) mass is 475 g/mol. The lowest BCUT2D eigenvalue weighted by atomic mass is 10.1. The minimum atomic E-state index is 0.514. The maximum Gasteiger partial charge on any atom is 0.253 e. The standard InChI is InChI=1S/C25H26ClN7O/c1-17(22-7-8-31(3)30-22)13-23-18(2)24(32-9-11-34-12-10-32)29-25(28-23)33-16-20(15-27-33)19-5-4-6-21(26)14-19/h4-8,13-16H,9-12H2,1-3H3/b17-13+. The molecule has 9 heteroatoms. The second-order valence-electron chi connectivity index (χ2n) is 8.34. The quantitative estimate of drug-likeness (QED) is 0.425. The van der Waals surface area contributed by atoms with Gasteiger partial charge in [-0.2, -0.15) is 15.2 Å². The van der Waals surface area contributed by atoms with Crippen LogP contribution < -0.4 is 4.90 Å². The molecule has 3 aromatic heterocycles. The summed E-state index contributed by atoms with van der Waals surface area (Å²) in [5, 5.41) is 9.77. The first-order valence-corrected chi connectivity index (χ1v) is 11.6. The van der Waals surface area contributed by atoms with Crippen molar-refractivity contribution >= 4 is 29.1 Å². The molecule has 4 heterocycles. The second kappa shape index (κ2) is 9.40. The van der Waals surface area contributed by atoms with Crippen LogP contribution in [-0.4, -0.2) is 55.8 Å². The molecule has 34 heavy (non-hydrogen) atoms. The van der Waals surface area contributed by atoms with Crippen LogP contribution in [0.15, 0.2) is 48.9 Å². The van der Waals surface area contributed by atoms with Crippen LogP contribution in [0, 0.1) is 6.92 Å². The fourth-order valence-electron chi connectivity index (χ4n) is 3.99. The highest BCUT2D eigenvalue weighted by molar-refractivity contribution is 6.30. The van der Waals surface area contributed by atoms with Crippen molar-refractivity contribution in [3.63, 3.8) is 0 Å². The number of allylic oxidation sites excluding steroid dienone is 1. The van der Waals surface area contributed by atoms with Crippen LogP contribution in [0.5, 0.6) is 0 Å². The number of hydrogen-bond acceptors (Lipinski definition) is 6. The van der Waals surface area contributed by atoms with Gasteiger partial charge in [0.2, 0.25) is 0 Å². The summed E-state index contributed by atoms with van der Waals surface area (Å²) in [5.74, 6) is 1.41. The Morgan fingerprint density at radius 1 is 1.12 bits per heavy atom. The number of benzene rings is 1. The van der Waals surface area contributed by atoms with Gasteiger partial charge < -0.3 is 9.64 Å². The van der Waals surface area contributed by atoms with Crippen molar-refractivity contribution in [1.29, 1.82) is 0 Å². The minimum Gasteiger partial charge on any atom is -0.378 e. The van der Waals surface area contributed by atoms with E-state index in [1.54, 1.807) is 15.6 Å². The smallest absolute Gasteiger partial charge is 0.253 e. The maximum absolute atomic E-state index is 6.18. The van der Waals surface area contributed by atoms with E-state index in [1.807, 2.05) is 56.7 Å². The van der Waals surface area contributed by atoms with Crippen molar-refractivity contribution in [2.45, 2.75) is 13.8 Å². The van der Waals surface area contributed by atoms with E-state index in [1.165, 1.54) is 0 Å². The third kappa shape index (κ3) is 4.60. The van der Waals surface area contributed by atoms with E-state index < -0.39 is 0 Å². The van der Waals surface area contributed by atoms with E-state index in [9.17, 15) is 0 Å². The molecule has 0 N–H and O–H groups in total. The van der Waals surface area contributed by atoms with Crippen molar-refractivity contribution < 1.29 is 4.74 Å². The normalized spacial score (nSPS) is 14.6. The van der Waals surface area contributed by atoms with E-state index in [2.05, 4.69) is 28.1 Å². The molecule has 1 saturated heterocycles. The molecular formula is C25H26ClN7O. The fraction of sp³-hybridized carbons (Fsp3) is 0.280. The zero-order valence-corrected chi connectivity index (χ0v) is 20.2. The third-order valence-electron chi connectivity index (χ3n) is 5.87. The van der Waals surface area contributed by atoms with Gasteiger partial charge in [-0.15, -0.1) is 0 Å². The second-order valence-corrected chi connectivity index (χ2v) is 8.78. The van der Waals surface area contributed by atoms with Crippen molar-refractivity contribution in [2.75, 3.05) is 31.2 Å². The average molecular weight is 476 g/mol. The van der Waals surface area contributed by atoms with Crippen LogP contribution >= 0.6 is 11.6 Å². The van der Waals surface area contributed by atoms with Gasteiger partial charge in [0.1, 0.15) is 5.82 Å². The summed E-state index contributed by atoms with van der Waals surface area (Å²) in [6, 6.07) is 9.71. The molecule has 1 aliphatic rings. The number of morpholine rings is 1. The Morgan fingerprint density at radius 2 is 1.94 bits per heavy atom. The van der Waals surface area contributed by atoms with Gasteiger partial charge in [-0.05, 0) is 49.3 Å². The van der Waals surface area contributed by atoms with E-state index >= 15 is 0 Å². The molecule has 0 atom stereocenters. The highest BCUT2D eigenvalue weighted by Gasteiger charge is 2.20. The predicted octanol–water partition coefficient (Wildman–Crippen LogP) is 4.42. The van der Waals surface area contributed by atoms with Gasteiger partial charge in [-0.1, -0.05) is 23.7 Å². The van der Waals surface area contributed by atoms with E-state index in [-0.39, 0.29) is 0 Å². The lowest BCUT2D eigenvalue weighted by molar-refractivity contribution is 0.122. The van der Waals surface area contributed by atoms with Crippen LogP contribution in [0.25, 0.3) is 28.7 Å². The molecule has 4 aromatic rings. The minimum absolute atomic E-state index is 0.514. The molecule has 1 fully saturated rings. The van der Waals surface area contributed by atoms with Crippen molar-refractivity contribution in [1.82, 2.24) is 29.5 Å². The number of halogens is 1. The van der Waals surface area contributed by atoms with Crippen LogP contribution in [0.4, 0.5) is 5.82 Å². The molecule has 0 radical (unpaired) electrons. The summed E-state index contributed by atoms with van der Waals surface area (Å²) in [6.45, 7) is 7.03. The Kier molecular flexibility index (Phi) is 6.17. The third-order valence-corrected chi connectivity index (χ3v) is 6.11. The molecule has 0 unspecified atom stereocenters. The molecule has 0 bridgehead atoms. The molecular weight excluding hydrogens is 450 g/mol. The molecule has 0 spiro atoms. The molecule has 5 rings (SSSR count). The number of hydrogen-bond donors (Lipinski definition) is 0. The zero-order chi connectivity index (χ0) is 23.7. The topological polar surface area (TPSA) is 73.9 Å². The number of aromatic nitrogens is 6. The lowest BCUT2D eigenvalue weighted by Gasteiger charge is -2.29. The summed E-state index contributed by atoms with van der Waals surface area (Å²) >= 11 is 6.18. The summed E-state index contributed by atoms with van der Waals surface area (Å²) in [7, 11) is 1.91. The van der Waals surface area contributed by atoms with Gasteiger partial charge in [0.15, 0.2) is 0 Å². The number of rotatable bonds is 5. The number of nitrogens with zero attached hydrogens (tertiary/aromatic N) is 7. The molecule has 1 aromatic carbocycles. The van der Waals surface area contributed by atoms with Gasteiger partial charge in [0.05, 0.1) is 30.8 Å². The zero-order valence-electron chi connectivity index (χ0n) is 19.4. The number of anilines is 1. The molecule has 174 valence electrons. The van der Waals surface area contributed by atoms with Crippen LogP contribution in [0.3, 0.4) is 0 Å². The summed E-state index contributed by atoms with van der Waals surface area (Å²) in [5.41, 5.74) is 5.74. The summed E-state index contributed by atoms with van der Waals surface area (Å²) in [6.07, 6.45) is 7.73. The van der Waals surface area contributed by atoms with Crippen molar-refractivity contribution in [3.05, 3.63) is 70.9 Å². The Labute approximate surface area is 203 Å². The van der Waals surface area contributed by atoms with Crippen LogP contribution in [-0.2, 0) is 11.8 Å². The van der Waals surface area contributed by atoms with E-state index in [0.717, 1.165) is 52.6 Å². The summed E-state index contributed by atoms with van der Waals surface area (Å²) < 4.78 is 9.07. The molecule has 0 amide bonds. The molecule has 8 nitrogen and oxygen atoms in total. The van der Waals surface area contributed by atoms with Crippen molar-refractivity contribution in [3.8, 4) is 17.1 Å². The Hall–Kier alpha value is -3.49. The Balaban J connectivity index is 1.59. The van der Waals surface area contributed by atoms with E-state index in [0.29, 0.717) is 24.2 Å². The molecule has 0 aliphatic carbocycles. The molecule has 1 aliphatic heterocycles. The summed E-state index contributed by atoms with van der Waals surface area (Å²) in [4.78, 5) is 12.1. The van der Waals surface area contributed by atoms with Crippen molar-refractivity contribution in [2.24, 2.45) is 7.05 Å². The highest BCUT2D eigenvalue weighted by Crippen LogP contribution is 2.27. The number of ether oxygens (including phenoxy) is 1. The first-order chi connectivity index (χ1) is 16.5. The lowest BCUT2D eigenvalue weighted by Crippen LogP contribution is -2.37. The average Bonchev–Trinajstić information content (AvgIpc) is 3.51. The van der Waals surface area contributed by atoms with E-state index in [4.69, 9.17) is 26.3 Å². The predicted molar refractivity (Wildman–Crippen MR) is 134 cm³/mol. The van der Waals surface area contributed by atoms with Gasteiger partial charge in [0, 0.05) is 48.7 Å². The Morgan fingerprint density at radius 3 is 2.68 bits per heavy atom. The largest absolute Gasteiger partial charge is 0.378 e. The van der Waals surface area contributed by atoms with Crippen LogP contribution in [0.1, 0.15) is 23.9 Å². The SMILES string of the molecule is C/C(=C\c1nc(-n2cc(-c3cccc(Cl)c3)cn2)nc(N2CCOCC2)c1C)c1ccn(C)n1. The van der Waals surface area contributed by atoms with Crippen LogP contribution in [0.2, 0.25) is 5.02 Å². The first-order valence-electron chi connectivity index (χ1n) is 11.2. The fourth-order valence-corrected chi connectivity index (χ4v) is 4.18. The van der Waals surface area contributed by atoms with Gasteiger partial charge in [-0.25, -0.2) is 9.67 Å². The van der Waals surface area contributed by atoms with Gasteiger partial charge in [-0.3, -0.25) is 4.68 Å². The highest BCUT2D eigenvalue weighted by atomic mass is 35.5. The Bertz CT molecular complexity index is 1350. The van der Waals surface area contributed by atoms with Gasteiger partial charge in [0.25, 0.3) is 5.95 Å². The maximum atomic E-state index is 6.18. The molecule has 0 saturated carbocycles. The number of aryl methyl sites for hydroxylation is 1. The van der Waals surface area contributed by atoms with Gasteiger partial charge >= 0.3 is 0 Å². The first kappa shape index (κ1) is 22.3.